The largest absolute Gasteiger partial charge is 0.490 e. The number of carbonyl (C=O) groups excluding carboxylic acids is 1. The van der Waals surface area contributed by atoms with Gasteiger partial charge < -0.3 is 14.5 Å². The summed E-state index contributed by atoms with van der Waals surface area (Å²) in [5, 5.41) is 2.86. The Morgan fingerprint density at radius 3 is 2.79 bits per heavy atom. The number of para-hydroxylation sites is 2. The quantitative estimate of drug-likeness (QED) is 0.709. The minimum absolute atomic E-state index is 0.0753. The molecular formula is C22H24N2O4. The highest BCUT2D eigenvalue weighted by atomic mass is 16.5. The molecule has 1 heterocycles. The highest BCUT2D eigenvalue weighted by Crippen LogP contribution is 2.24. The van der Waals surface area contributed by atoms with E-state index in [9.17, 15) is 9.59 Å². The van der Waals surface area contributed by atoms with Crippen LogP contribution < -0.4 is 15.8 Å². The molecule has 6 nitrogen and oxygen atoms in total. The molecule has 2 aromatic carbocycles. The molecule has 146 valence electrons. The van der Waals surface area contributed by atoms with E-state index in [2.05, 4.69) is 5.32 Å². The van der Waals surface area contributed by atoms with Crippen LogP contribution in [0.3, 0.4) is 0 Å². The first-order valence-electron chi connectivity index (χ1n) is 9.80. The Balaban J connectivity index is 1.36. The van der Waals surface area contributed by atoms with Gasteiger partial charge in [-0.25, -0.2) is 4.79 Å². The van der Waals surface area contributed by atoms with E-state index in [1.807, 2.05) is 30.3 Å². The number of hydrogen-bond acceptors (Lipinski definition) is 4. The van der Waals surface area contributed by atoms with Crippen molar-refractivity contribution in [2.45, 2.75) is 51.3 Å². The number of hydrogen-bond donors (Lipinski definition) is 1. The number of nitrogens with zero attached hydrogens (tertiary/aromatic N) is 1. The molecule has 0 spiro atoms. The molecule has 1 aliphatic carbocycles. The highest BCUT2D eigenvalue weighted by molar-refractivity contribution is 5.79. The Morgan fingerprint density at radius 1 is 1.11 bits per heavy atom. The third kappa shape index (κ3) is 4.27. The molecule has 6 heteroatoms. The smallest absolute Gasteiger partial charge is 0.420 e. The monoisotopic (exact) mass is 380 g/mol. The average Bonchev–Trinajstić information content (AvgIpc) is 3.03. The normalized spacial score (nSPS) is 14.9. The van der Waals surface area contributed by atoms with Crippen LogP contribution in [0.25, 0.3) is 11.1 Å². The van der Waals surface area contributed by atoms with Crippen LogP contribution >= 0.6 is 0 Å². The van der Waals surface area contributed by atoms with Gasteiger partial charge in [0, 0.05) is 6.54 Å². The Kier molecular flexibility index (Phi) is 5.46. The van der Waals surface area contributed by atoms with E-state index in [-0.39, 0.29) is 12.5 Å². The van der Waals surface area contributed by atoms with Crippen molar-refractivity contribution in [3.8, 4) is 5.75 Å². The van der Waals surface area contributed by atoms with Crippen molar-refractivity contribution >= 4 is 17.0 Å². The van der Waals surface area contributed by atoms with Crippen molar-refractivity contribution in [1.82, 2.24) is 9.88 Å². The standard InChI is InChI=1S/C22H24N2O4/c25-21(15-24-19-11-4-5-12-20(19)28-22(24)26)23-14-16-7-6-10-18(13-16)27-17-8-2-1-3-9-17/h4-7,10-13,17H,1-3,8-9,14-15H2,(H,23,25). The van der Waals surface area contributed by atoms with E-state index in [0.29, 0.717) is 23.7 Å². The molecule has 0 saturated heterocycles. The molecule has 1 saturated carbocycles. The molecule has 1 aliphatic rings. The second-order valence-electron chi connectivity index (χ2n) is 7.22. The number of benzene rings is 2. The Hall–Kier alpha value is -3.02. The summed E-state index contributed by atoms with van der Waals surface area (Å²) in [4.78, 5) is 24.3. The minimum atomic E-state index is -0.528. The van der Waals surface area contributed by atoms with Gasteiger partial charge in [0.1, 0.15) is 12.3 Å². The van der Waals surface area contributed by atoms with Crippen molar-refractivity contribution < 1.29 is 13.9 Å². The average molecular weight is 380 g/mol. The summed E-state index contributed by atoms with van der Waals surface area (Å²) in [6.45, 7) is 0.305. The first kappa shape index (κ1) is 18.3. The maximum atomic E-state index is 12.3. The molecule has 1 fully saturated rings. The van der Waals surface area contributed by atoms with Crippen LogP contribution in [0.2, 0.25) is 0 Å². The summed E-state index contributed by atoms with van der Waals surface area (Å²) in [7, 11) is 0. The van der Waals surface area contributed by atoms with E-state index in [4.69, 9.17) is 9.15 Å². The van der Waals surface area contributed by atoms with E-state index in [1.165, 1.54) is 23.8 Å². The van der Waals surface area contributed by atoms with Gasteiger partial charge in [-0.05, 0) is 55.5 Å². The van der Waals surface area contributed by atoms with Crippen molar-refractivity contribution in [1.29, 1.82) is 0 Å². The molecule has 1 aromatic heterocycles. The van der Waals surface area contributed by atoms with E-state index >= 15 is 0 Å². The zero-order chi connectivity index (χ0) is 19.3. The van der Waals surface area contributed by atoms with Gasteiger partial charge in [-0.15, -0.1) is 0 Å². The van der Waals surface area contributed by atoms with Crippen molar-refractivity contribution in [3.05, 3.63) is 64.6 Å². The second kappa shape index (κ2) is 8.33. The van der Waals surface area contributed by atoms with Crippen molar-refractivity contribution in [3.63, 3.8) is 0 Å². The molecular weight excluding hydrogens is 356 g/mol. The summed E-state index contributed by atoms with van der Waals surface area (Å²) in [5.74, 6) is 0.0715. The lowest BCUT2D eigenvalue weighted by atomic mass is 9.98. The zero-order valence-corrected chi connectivity index (χ0v) is 15.7. The first-order valence-corrected chi connectivity index (χ1v) is 9.80. The molecule has 4 rings (SSSR count). The van der Waals surface area contributed by atoms with E-state index in [1.54, 1.807) is 18.2 Å². The summed E-state index contributed by atoms with van der Waals surface area (Å²) < 4.78 is 12.6. The first-order chi connectivity index (χ1) is 13.7. The van der Waals surface area contributed by atoms with Gasteiger partial charge in [0.15, 0.2) is 5.58 Å². The van der Waals surface area contributed by atoms with Crippen LogP contribution in [0.4, 0.5) is 0 Å². The number of nitrogens with one attached hydrogen (secondary N) is 1. The Labute approximate surface area is 163 Å². The molecule has 0 unspecified atom stereocenters. The Bertz CT molecular complexity index is 1010. The third-order valence-corrected chi connectivity index (χ3v) is 5.12. The highest BCUT2D eigenvalue weighted by Gasteiger charge is 2.15. The molecule has 0 aliphatic heterocycles. The number of rotatable bonds is 6. The van der Waals surface area contributed by atoms with Gasteiger partial charge >= 0.3 is 5.76 Å². The lowest BCUT2D eigenvalue weighted by Gasteiger charge is -2.23. The van der Waals surface area contributed by atoms with Gasteiger partial charge in [0.25, 0.3) is 0 Å². The van der Waals surface area contributed by atoms with Gasteiger partial charge in [-0.1, -0.05) is 30.7 Å². The van der Waals surface area contributed by atoms with Gasteiger partial charge in [-0.3, -0.25) is 9.36 Å². The fourth-order valence-corrected chi connectivity index (χ4v) is 3.67. The summed E-state index contributed by atoms with van der Waals surface area (Å²) in [5.41, 5.74) is 2.06. The summed E-state index contributed by atoms with van der Waals surface area (Å²) in [6, 6.07) is 14.9. The third-order valence-electron chi connectivity index (χ3n) is 5.12. The van der Waals surface area contributed by atoms with E-state index < -0.39 is 5.76 Å². The molecule has 3 aromatic rings. The summed E-state index contributed by atoms with van der Waals surface area (Å²) in [6.07, 6.45) is 6.24. The maximum absolute atomic E-state index is 12.3. The van der Waals surface area contributed by atoms with Crippen molar-refractivity contribution in [2.75, 3.05) is 0 Å². The lowest BCUT2D eigenvalue weighted by molar-refractivity contribution is -0.121. The SMILES string of the molecule is O=C(Cn1c(=O)oc2ccccc21)NCc1cccc(OC2CCCCC2)c1. The number of oxazole rings is 1. The molecule has 1 N–H and O–H groups in total. The zero-order valence-electron chi connectivity index (χ0n) is 15.7. The minimum Gasteiger partial charge on any atom is -0.490 e. The van der Waals surface area contributed by atoms with Crippen LogP contribution in [-0.2, 0) is 17.9 Å². The number of aromatic nitrogens is 1. The van der Waals surface area contributed by atoms with Crippen LogP contribution in [0.15, 0.2) is 57.7 Å². The fourth-order valence-electron chi connectivity index (χ4n) is 3.67. The maximum Gasteiger partial charge on any atom is 0.420 e. The van der Waals surface area contributed by atoms with Crippen LogP contribution in [0.5, 0.6) is 5.75 Å². The predicted molar refractivity (Wildman–Crippen MR) is 106 cm³/mol. The van der Waals surface area contributed by atoms with Crippen molar-refractivity contribution in [2.24, 2.45) is 0 Å². The molecule has 0 atom stereocenters. The topological polar surface area (TPSA) is 73.5 Å². The second-order valence-corrected chi connectivity index (χ2v) is 7.22. The van der Waals surface area contributed by atoms with Gasteiger partial charge in [0.05, 0.1) is 11.6 Å². The van der Waals surface area contributed by atoms with Crippen LogP contribution in [0.1, 0.15) is 37.7 Å². The number of carbonyl (C=O) groups is 1. The Morgan fingerprint density at radius 2 is 1.93 bits per heavy atom. The fraction of sp³-hybridized carbons (Fsp3) is 0.364. The van der Waals surface area contributed by atoms with Crippen LogP contribution in [0, 0.1) is 0 Å². The van der Waals surface area contributed by atoms with Gasteiger partial charge in [-0.2, -0.15) is 0 Å². The number of amides is 1. The predicted octanol–water partition coefficient (Wildman–Crippen LogP) is 3.62. The molecule has 0 bridgehead atoms. The number of ether oxygens (including phenoxy) is 1. The van der Waals surface area contributed by atoms with E-state index in [0.717, 1.165) is 24.2 Å². The van der Waals surface area contributed by atoms with Gasteiger partial charge in [0.2, 0.25) is 5.91 Å². The molecule has 1 amide bonds. The molecule has 28 heavy (non-hydrogen) atoms. The summed E-state index contributed by atoms with van der Waals surface area (Å²) >= 11 is 0. The lowest BCUT2D eigenvalue weighted by Crippen LogP contribution is -2.30. The molecule has 0 radical (unpaired) electrons. The van der Waals surface area contributed by atoms with Crippen LogP contribution in [-0.4, -0.2) is 16.6 Å². The number of fused-ring (bicyclic) bond motifs is 1.